The van der Waals surface area contributed by atoms with Crippen LogP contribution in [-0.4, -0.2) is 17.7 Å². The van der Waals surface area contributed by atoms with Crippen LogP contribution in [0.15, 0.2) is 65.7 Å². The van der Waals surface area contributed by atoms with Crippen LogP contribution in [0.4, 0.5) is 14.5 Å². The van der Waals surface area contributed by atoms with Gasteiger partial charge in [-0.25, -0.2) is 26.0 Å². The fourth-order valence-corrected chi connectivity index (χ4v) is 5.26. The van der Waals surface area contributed by atoms with E-state index in [0.29, 0.717) is 22.7 Å². The van der Waals surface area contributed by atoms with Crippen molar-refractivity contribution < 1.29 is 21.9 Å². The SMILES string of the molecule is [C-]#[N+]c1cc(Oc2c(F)cc3c(ccn3S(=O)(=O)c3ccc(C)cc3)c2CCBr)ccc1F. The number of aryl methyl sites for hydroxylation is 2. The lowest BCUT2D eigenvalue weighted by atomic mass is 10.1. The Morgan fingerprint density at radius 1 is 1.06 bits per heavy atom. The normalized spacial score (nSPS) is 11.5. The second kappa shape index (κ2) is 8.96. The Bertz CT molecular complexity index is 1510. The molecule has 3 aromatic carbocycles. The molecule has 168 valence electrons. The van der Waals surface area contributed by atoms with Gasteiger partial charge in [0.25, 0.3) is 10.0 Å². The van der Waals surface area contributed by atoms with Crippen LogP contribution in [0.5, 0.6) is 11.5 Å². The van der Waals surface area contributed by atoms with E-state index in [0.717, 1.165) is 21.7 Å². The molecule has 33 heavy (non-hydrogen) atoms. The summed E-state index contributed by atoms with van der Waals surface area (Å²) in [6, 6.07) is 12.7. The zero-order valence-corrected chi connectivity index (χ0v) is 19.8. The third-order valence-corrected chi connectivity index (χ3v) is 7.25. The Balaban J connectivity index is 1.86. The largest absolute Gasteiger partial charge is 0.455 e. The first kappa shape index (κ1) is 23.0. The predicted molar refractivity (Wildman–Crippen MR) is 126 cm³/mol. The number of nitrogens with zero attached hydrogens (tertiary/aromatic N) is 2. The summed E-state index contributed by atoms with van der Waals surface area (Å²) in [5.74, 6) is -1.48. The molecule has 4 rings (SSSR count). The van der Waals surface area contributed by atoms with E-state index in [4.69, 9.17) is 11.3 Å². The van der Waals surface area contributed by atoms with E-state index in [1.807, 2.05) is 6.92 Å². The van der Waals surface area contributed by atoms with Gasteiger partial charge in [0.15, 0.2) is 11.6 Å². The molecule has 1 heterocycles. The second-order valence-corrected chi connectivity index (χ2v) is 9.90. The van der Waals surface area contributed by atoms with Gasteiger partial charge in [-0.1, -0.05) is 33.6 Å². The van der Waals surface area contributed by atoms with Crippen molar-refractivity contribution >= 4 is 42.5 Å². The smallest absolute Gasteiger partial charge is 0.268 e. The monoisotopic (exact) mass is 530 g/mol. The summed E-state index contributed by atoms with van der Waals surface area (Å²) in [7, 11) is -3.95. The molecule has 0 aliphatic carbocycles. The molecular formula is C24H17BrF2N2O3S. The Morgan fingerprint density at radius 2 is 1.79 bits per heavy atom. The van der Waals surface area contributed by atoms with Gasteiger partial charge in [-0.05, 0) is 49.7 Å². The van der Waals surface area contributed by atoms with Crippen molar-refractivity contribution in [3.05, 3.63) is 95.0 Å². The summed E-state index contributed by atoms with van der Waals surface area (Å²) in [6.07, 6.45) is 1.73. The Hall–Kier alpha value is -3.22. The first-order valence-electron chi connectivity index (χ1n) is 9.81. The van der Waals surface area contributed by atoms with Gasteiger partial charge in [0.05, 0.1) is 17.0 Å². The molecule has 0 fully saturated rings. The van der Waals surface area contributed by atoms with Crippen LogP contribution >= 0.6 is 15.9 Å². The van der Waals surface area contributed by atoms with Crippen LogP contribution in [0.25, 0.3) is 15.7 Å². The fourth-order valence-electron chi connectivity index (χ4n) is 3.52. The Kier molecular flexibility index (Phi) is 6.23. The maximum absolute atomic E-state index is 15.3. The summed E-state index contributed by atoms with van der Waals surface area (Å²) in [5, 5.41) is 0.975. The maximum atomic E-state index is 15.3. The van der Waals surface area contributed by atoms with Crippen molar-refractivity contribution in [2.45, 2.75) is 18.2 Å². The van der Waals surface area contributed by atoms with Crippen LogP contribution in [0.3, 0.4) is 0 Å². The van der Waals surface area contributed by atoms with E-state index < -0.39 is 21.7 Å². The van der Waals surface area contributed by atoms with Gasteiger partial charge in [0, 0.05) is 28.5 Å². The lowest BCUT2D eigenvalue weighted by Gasteiger charge is -2.15. The van der Waals surface area contributed by atoms with Crippen molar-refractivity contribution in [3.8, 4) is 11.5 Å². The van der Waals surface area contributed by atoms with Crippen molar-refractivity contribution in [2.75, 3.05) is 5.33 Å². The van der Waals surface area contributed by atoms with Crippen molar-refractivity contribution in [1.82, 2.24) is 3.97 Å². The predicted octanol–water partition coefficient (Wildman–Crippen LogP) is 6.75. The molecule has 0 spiro atoms. The highest BCUT2D eigenvalue weighted by Gasteiger charge is 2.24. The van der Waals surface area contributed by atoms with E-state index in [2.05, 4.69) is 20.8 Å². The van der Waals surface area contributed by atoms with Gasteiger partial charge in [0.1, 0.15) is 11.6 Å². The molecule has 0 saturated heterocycles. The molecule has 0 radical (unpaired) electrons. The molecule has 0 amide bonds. The summed E-state index contributed by atoms with van der Waals surface area (Å²) in [5.41, 5.74) is 1.30. The summed E-state index contributed by atoms with van der Waals surface area (Å²) >= 11 is 3.35. The van der Waals surface area contributed by atoms with Crippen LogP contribution in [-0.2, 0) is 16.4 Å². The van der Waals surface area contributed by atoms with Crippen molar-refractivity contribution in [3.63, 3.8) is 0 Å². The highest BCUT2D eigenvalue weighted by atomic mass is 79.9. The number of rotatable bonds is 6. The summed E-state index contributed by atoms with van der Waals surface area (Å²) in [4.78, 5) is 3.18. The first-order chi connectivity index (χ1) is 15.8. The van der Waals surface area contributed by atoms with Crippen LogP contribution < -0.4 is 4.74 Å². The molecule has 0 saturated carbocycles. The van der Waals surface area contributed by atoms with E-state index in [1.54, 1.807) is 18.2 Å². The highest BCUT2D eigenvalue weighted by Crippen LogP contribution is 2.38. The minimum absolute atomic E-state index is 0.0892. The lowest BCUT2D eigenvalue weighted by molar-refractivity contribution is 0.437. The van der Waals surface area contributed by atoms with E-state index >= 15 is 4.39 Å². The quantitative estimate of drug-likeness (QED) is 0.205. The van der Waals surface area contributed by atoms with Gasteiger partial charge < -0.3 is 4.74 Å². The third kappa shape index (κ3) is 4.24. The summed E-state index contributed by atoms with van der Waals surface area (Å²) < 4.78 is 62.1. The number of halogens is 3. The van der Waals surface area contributed by atoms with Gasteiger partial charge >= 0.3 is 0 Å². The zero-order valence-electron chi connectivity index (χ0n) is 17.3. The molecule has 4 aromatic rings. The second-order valence-electron chi connectivity index (χ2n) is 7.29. The van der Waals surface area contributed by atoms with Crippen LogP contribution in [0.2, 0.25) is 0 Å². The Morgan fingerprint density at radius 3 is 2.45 bits per heavy atom. The fraction of sp³-hybridized carbons (Fsp3) is 0.125. The standard InChI is InChI=1S/C24H17BrF2N2O3S/c1-15-3-6-17(7-4-15)33(30,31)29-12-10-18-19(9-11-25)24(21(27)14-23(18)29)32-16-5-8-20(26)22(13-16)28-2/h3-8,10,12-14H,9,11H2,1H3. The van der Waals surface area contributed by atoms with Gasteiger partial charge in [-0.3, -0.25) is 0 Å². The molecule has 0 unspecified atom stereocenters. The lowest BCUT2D eigenvalue weighted by Crippen LogP contribution is -2.12. The van der Waals surface area contributed by atoms with E-state index in [1.165, 1.54) is 30.5 Å². The third-order valence-electron chi connectivity index (χ3n) is 5.15. The number of hydrogen-bond acceptors (Lipinski definition) is 3. The number of benzene rings is 3. The molecule has 9 heteroatoms. The van der Waals surface area contributed by atoms with Gasteiger partial charge in [-0.2, -0.15) is 0 Å². The number of ether oxygens (including phenoxy) is 1. The van der Waals surface area contributed by atoms with Crippen LogP contribution in [0, 0.1) is 25.1 Å². The molecule has 1 aromatic heterocycles. The number of fused-ring (bicyclic) bond motifs is 1. The molecule has 0 atom stereocenters. The molecule has 0 aliphatic heterocycles. The number of alkyl halides is 1. The first-order valence-corrected chi connectivity index (χ1v) is 12.4. The number of aromatic nitrogens is 1. The van der Waals surface area contributed by atoms with Crippen molar-refractivity contribution in [2.24, 2.45) is 0 Å². The average Bonchev–Trinajstić information content (AvgIpc) is 3.22. The van der Waals surface area contributed by atoms with Crippen LogP contribution in [0.1, 0.15) is 11.1 Å². The topological polar surface area (TPSA) is 52.7 Å². The highest BCUT2D eigenvalue weighted by molar-refractivity contribution is 9.09. The van der Waals surface area contributed by atoms with Crippen molar-refractivity contribution in [1.29, 1.82) is 0 Å². The number of hydrogen-bond donors (Lipinski definition) is 0. The minimum Gasteiger partial charge on any atom is -0.455 e. The average molecular weight is 531 g/mol. The molecular weight excluding hydrogens is 514 g/mol. The Labute approximate surface area is 198 Å². The van der Waals surface area contributed by atoms with Gasteiger partial charge in [-0.15, -0.1) is 0 Å². The zero-order chi connectivity index (χ0) is 23.8. The van der Waals surface area contributed by atoms with E-state index in [9.17, 15) is 12.8 Å². The minimum atomic E-state index is -3.95. The summed E-state index contributed by atoms with van der Waals surface area (Å²) in [6.45, 7) is 8.91. The molecule has 0 aliphatic rings. The van der Waals surface area contributed by atoms with E-state index in [-0.39, 0.29) is 27.6 Å². The molecule has 5 nitrogen and oxygen atoms in total. The van der Waals surface area contributed by atoms with Gasteiger partial charge in [0.2, 0.25) is 5.69 Å². The maximum Gasteiger partial charge on any atom is 0.268 e. The molecule has 0 N–H and O–H groups in total. The molecule has 0 bridgehead atoms.